The van der Waals surface area contributed by atoms with Crippen LogP contribution in [0.5, 0.6) is 5.75 Å². The number of carbonyl (C=O) groups is 2. The molecule has 0 atom stereocenters. The third kappa shape index (κ3) is 2.90. The van der Waals surface area contributed by atoms with Gasteiger partial charge in [-0.3, -0.25) is 9.59 Å². The monoisotopic (exact) mass is 328 g/mol. The lowest BCUT2D eigenvalue weighted by Gasteiger charge is -2.22. The topological polar surface area (TPSA) is 84.8 Å². The number of amides is 1. The molecule has 0 unspecified atom stereocenters. The van der Waals surface area contributed by atoms with Crippen LogP contribution in [0.15, 0.2) is 18.3 Å². The normalized spacial score (nSPS) is 15.7. The largest absolute Gasteiger partial charge is 0.508 e. The zero-order valence-corrected chi connectivity index (χ0v) is 14.0. The minimum absolute atomic E-state index is 0.0744. The molecule has 5 heteroatoms. The fourth-order valence-electron chi connectivity index (χ4n) is 4.00. The maximum Gasteiger partial charge on any atom is 0.289 e. The predicted octanol–water partition coefficient (Wildman–Crippen LogP) is 3.00. The number of primary amides is 1. The molecule has 3 N–H and O–H groups in total. The van der Waals surface area contributed by atoms with Crippen LogP contribution in [0.1, 0.15) is 60.6 Å². The average molecular weight is 328 g/mol. The fourth-order valence-corrected chi connectivity index (χ4v) is 4.00. The van der Waals surface area contributed by atoms with Crippen molar-refractivity contribution in [3.05, 3.63) is 35.2 Å². The Morgan fingerprint density at radius 3 is 2.62 bits per heavy atom. The van der Waals surface area contributed by atoms with Crippen molar-refractivity contribution >= 4 is 17.2 Å². The summed E-state index contributed by atoms with van der Waals surface area (Å²) >= 11 is 0. The van der Waals surface area contributed by atoms with Crippen molar-refractivity contribution in [2.75, 3.05) is 0 Å². The smallest absolute Gasteiger partial charge is 0.289 e. The van der Waals surface area contributed by atoms with Crippen LogP contribution in [0.4, 0.5) is 0 Å². The van der Waals surface area contributed by atoms with E-state index in [2.05, 4.69) is 0 Å². The molecule has 0 bridgehead atoms. The van der Waals surface area contributed by atoms with Crippen molar-refractivity contribution in [1.29, 1.82) is 0 Å². The summed E-state index contributed by atoms with van der Waals surface area (Å²) in [6.45, 7) is 1.98. The van der Waals surface area contributed by atoms with E-state index in [-0.39, 0.29) is 5.75 Å². The molecule has 24 heavy (non-hydrogen) atoms. The molecule has 2 aromatic heterocycles. The minimum Gasteiger partial charge on any atom is -0.508 e. The molecule has 0 aromatic carbocycles. The van der Waals surface area contributed by atoms with Crippen LogP contribution >= 0.6 is 0 Å². The van der Waals surface area contributed by atoms with Crippen molar-refractivity contribution in [2.45, 2.75) is 51.9 Å². The number of hydrogen-bond acceptors (Lipinski definition) is 3. The number of nitrogens with zero attached hydrogens (tertiary/aromatic N) is 1. The number of aromatic nitrogens is 1. The zero-order valence-electron chi connectivity index (χ0n) is 14.0. The second-order valence-corrected chi connectivity index (χ2v) is 6.70. The van der Waals surface area contributed by atoms with Gasteiger partial charge in [-0.2, -0.15) is 0 Å². The van der Waals surface area contributed by atoms with Crippen LogP contribution in [0.25, 0.3) is 5.52 Å². The van der Waals surface area contributed by atoms with Gasteiger partial charge in [-0.05, 0) is 30.4 Å². The van der Waals surface area contributed by atoms with E-state index in [1.165, 1.54) is 32.1 Å². The van der Waals surface area contributed by atoms with Gasteiger partial charge in [-0.1, -0.05) is 39.0 Å². The summed E-state index contributed by atoms with van der Waals surface area (Å²) in [5.74, 6) is -0.951. The molecule has 1 fully saturated rings. The highest BCUT2D eigenvalue weighted by Crippen LogP contribution is 2.33. The SMILES string of the molecule is CCc1c(C(=O)C(N)=O)c2cc(O)ccn2c1CC1CCCCC1. The molecule has 0 saturated heterocycles. The number of aromatic hydroxyl groups is 1. The highest BCUT2D eigenvalue weighted by atomic mass is 16.3. The van der Waals surface area contributed by atoms with Crippen molar-refractivity contribution in [1.82, 2.24) is 4.40 Å². The molecule has 1 amide bonds. The van der Waals surface area contributed by atoms with Gasteiger partial charge in [0.05, 0.1) is 11.1 Å². The highest BCUT2D eigenvalue weighted by Gasteiger charge is 2.27. The van der Waals surface area contributed by atoms with Crippen molar-refractivity contribution in [2.24, 2.45) is 11.7 Å². The molecular formula is C19H24N2O3. The summed E-state index contributed by atoms with van der Waals surface area (Å²) in [7, 11) is 0. The lowest BCUT2D eigenvalue weighted by Crippen LogP contribution is -2.24. The number of fused-ring (bicyclic) bond motifs is 1. The number of hydrogen-bond donors (Lipinski definition) is 2. The van der Waals surface area contributed by atoms with Gasteiger partial charge in [0.25, 0.3) is 11.7 Å². The maximum absolute atomic E-state index is 12.4. The molecule has 0 radical (unpaired) electrons. The Hall–Kier alpha value is -2.30. The summed E-state index contributed by atoms with van der Waals surface area (Å²) in [5, 5.41) is 9.83. The molecule has 128 valence electrons. The second kappa shape index (κ2) is 6.67. The van der Waals surface area contributed by atoms with Gasteiger partial charge in [-0.15, -0.1) is 0 Å². The summed E-state index contributed by atoms with van der Waals surface area (Å²) in [6, 6.07) is 3.15. The first-order valence-corrected chi connectivity index (χ1v) is 8.71. The van der Waals surface area contributed by atoms with Crippen LogP contribution in [-0.4, -0.2) is 21.2 Å². The van der Waals surface area contributed by atoms with Crippen LogP contribution < -0.4 is 5.73 Å². The molecule has 5 nitrogen and oxygen atoms in total. The van der Waals surface area contributed by atoms with E-state index in [9.17, 15) is 14.7 Å². The Morgan fingerprint density at radius 1 is 1.29 bits per heavy atom. The molecule has 1 aliphatic rings. The lowest BCUT2D eigenvalue weighted by molar-refractivity contribution is -0.114. The standard InChI is InChI=1S/C19H24N2O3/c1-2-14-15(10-12-6-4-3-5-7-12)21-9-8-13(22)11-16(21)17(14)18(23)19(20)24/h8-9,11-12,22H,2-7,10H2,1H3,(H2,20,24). The van der Waals surface area contributed by atoms with Crippen molar-refractivity contribution in [3.8, 4) is 5.75 Å². The number of nitrogens with two attached hydrogens (primary N) is 1. The Balaban J connectivity index is 2.16. The van der Waals surface area contributed by atoms with Crippen LogP contribution in [0.2, 0.25) is 0 Å². The lowest BCUT2D eigenvalue weighted by atomic mass is 9.85. The van der Waals surface area contributed by atoms with E-state index in [0.29, 0.717) is 23.4 Å². The first kappa shape index (κ1) is 16.6. The van der Waals surface area contributed by atoms with Crippen LogP contribution in [-0.2, 0) is 17.6 Å². The maximum atomic E-state index is 12.4. The summed E-state index contributed by atoms with van der Waals surface area (Å²) in [4.78, 5) is 23.9. The molecule has 0 spiro atoms. The van der Waals surface area contributed by atoms with E-state index < -0.39 is 11.7 Å². The second-order valence-electron chi connectivity index (χ2n) is 6.70. The number of Topliss-reactive ketones (excluding diaryl/α,β-unsaturated/α-hetero) is 1. The molecule has 0 aliphatic heterocycles. The van der Waals surface area contributed by atoms with Gasteiger partial charge in [0.2, 0.25) is 0 Å². The first-order valence-electron chi connectivity index (χ1n) is 8.71. The van der Waals surface area contributed by atoms with Crippen LogP contribution in [0.3, 0.4) is 0 Å². The van der Waals surface area contributed by atoms with Gasteiger partial charge in [-0.25, -0.2) is 0 Å². The van der Waals surface area contributed by atoms with Gasteiger partial charge < -0.3 is 15.2 Å². The van der Waals surface area contributed by atoms with Crippen molar-refractivity contribution in [3.63, 3.8) is 0 Å². The van der Waals surface area contributed by atoms with E-state index in [1.807, 2.05) is 11.3 Å². The highest BCUT2D eigenvalue weighted by molar-refractivity contribution is 6.44. The average Bonchev–Trinajstić information content (AvgIpc) is 2.87. The molecular weight excluding hydrogens is 304 g/mol. The number of pyridine rings is 1. The number of ketones is 1. The van der Waals surface area contributed by atoms with E-state index in [4.69, 9.17) is 5.73 Å². The third-order valence-corrected chi connectivity index (χ3v) is 5.15. The van der Waals surface area contributed by atoms with E-state index >= 15 is 0 Å². The molecule has 2 heterocycles. The van der Waals surface area contributed by atoms with Gasteiger partial charge >= 0.3 is 0 Å². The summed E-state index contributed by atoms with van der Waals surface area (Å²) in [6.07, 6.45) is 9.53. The van der Waals surface area contributed by atoms with E-state index in [1.54, 1.807) is 18.3 Å². The van der Waals surface area contributed by atoms with Crippen molar-refractivity contribution < 1.29 is 14.7 Å². The van der Waals surface area contributed by atoms with Crippen LogP contribution in [0, 0.1) is 5.92 Å². The third-order valence-electron chi connectivity index (χ3n) is 5.15. The zero-order chi connectivity index (χ0) is 17.3. The Kier molecular flexibility index (Phi) is 4.60. The Labute approximate surface area is 141 Å². The van der Waals surface area contributed by atoms with Gasteiger partial charge in [0.1, 0.15) is 5.75 Å². The number of carbonyl (C=O) groups excluding carboxylic acids is 2. The molecule has 1 aliphatic carbocycles. The number of rotatable bonds is 5. The fraction of sp³-hybridized carbons (Fsp3) is 0.474. The summed E-state index contributed by atoms with van der Waals surface area (Å²) in [5.41, 5.74) is 8.14. The molecule has 2 aromatic rings. The quantitative estimate of drug-likeness (QED) is 0.653. The van der Waals surface area contributed by atoms with E-state index in [0.717, 1.165) is 17.7 Å². The van der Waals surface area contributed by atoms with Gasteiger partial charge in [0, 0.05) is 18.0 Å². The Bertz CT molecular complexity index is 785. The first-order chi connectivity index (χ1) is 11.5. The minimum atomic E-state index is -0.954. The molecule has 1 saturated carbocycles. The summed E-state index contributed by atoms with van der Waals surface area (Å²) < 4.78 is 1.95. The predicted molar refractivity (Wildman–Crippen MR) is 92.2 cm³/mol. The molecule has 3 rings (SSSR count). The van der Waals surface area contributed by atoms with Gasteiger partial charge in [0.15, 0.2) is 0 Å². The Morgan fingerprint density at radius 2 is 2.00 bits per heavy atom.